The molecule has 0 saturated carbocycles. The van der Waals surface area contributed by atoms with E-state index in [0.29, 0.717) is 30.2 Å². The normalized spacial score (nSPS) is 16.0. The summed E-state index contributed by atoms with van der Waals surface area (Å²) in [5, 5.41) is 2.62. The molecule has 136 valence electrons. The van der Waals surface area contributed by atoms with Gasteiger partial charge < -0.3 is 15.0 Å². The fraction of sp³-hybridized carbons (Fsp3) is 0.263. The number of ether oxygens (including phenoxy) is 1. The second-order valence-corrected chi connectivity index (χ2v) is 6.00. The zero-order valence-electron chi connectivity index (χ0n) is 14.5. The zero-order chi connectivity index (χ0) is 18.7. The number of nitrogens with one attached hydrogen (secondary N) is 1. The second-order valence-electron chi connectivity index (χ2n) is 6.00. The van der Waals surface area contributed by atoms with Crippen LogP contribution in [0.4, 0.5) is 25.8 Å². The lowest BCUT2D eigenvalue weighted by atomic mass is 10.0. The number of methoxy groups -OCH3 is 1. The maximum absolute atomic E-state index is 14.3. The first-order valence-electron chi connectivity index (χ1n) is 8.14. The van der Waals surface area contributed by atoms with Crippen LogP contribution in [0.2, 0.25) is 0 Å². The summed E-state index contributed by atoms with van der Waals surface area (Å²) in [6.07, 6.45) is 1.34. The molecule has 0 aromatic heterocycles. The van der Waals surface area contributed by atoms with Crippen molar-refractivity contribution in [2.24, 2.45) is 4.99 Å². The average Bonchev–Trinajstić information content (AvgIpc) is 2.94. The number of fused-ring (bicyclic) bond motifs is 1. The third kappa shape index (κ3) is 3.57. The summed E-state index contributed by atoms with van der Waals surface area (Å²) in [6.45, 7) is 1.03. The van der Waals surface area contributed by atoms with Gasteiger partial charge in [-0.3, -0.25) is 9.79 Å². The van der Waals surface area contributed by atoms with Gasteiger partial charge in [-0.1, -0.05) is 6.07 Å². The molecule has 5 nitrogen and oxygen atoms in total. The van der Waals surface area contributed by atoms with Crippen molar-refractivity contribution in [1.29, 1.82) is 0 Å². The minimum atomic E-state index is -0.835. The van der Waals surface area contributed by atoms with Crippen LogP contribution in [-0.2, 0) is 9.53 Å². The van der Waals surface area contributed by atoms with E-state index in [2.05, 4.69) is 10.3 Å². The van der Waals surface area contributed by atoms with Gasteiger partial charge in [-0.05, 0) is 24.3 Å². The molecule has 2 aromatic rings. The van der Waals surface area contributed by atoms with Crippen LogP contribution in [0.25, 0.3) is 0 Å². The molecule has 1 aliphatic heterocycles. The molecule has 1 amide bonds. The first kappa shape index (κ1) is 18.0. The van der Waals surface area contributed by atoms with Gasteiger partial charge in [-0.25, -0.2) is 8.78 Å². The van der Waals surface area contributed by atoms with Gasteiger partial charge in [-0.2, -0.15) is 0 Å². The molecule has 0 aliphatic carbocycles. The van der Waals surface area contributed by atoms with E-state index in [1.807, 2.05) is 0 Å². The van der Waals surface area contributed by atoms with Crippen molar-refractivity contribution in [3.8, 4) is 0 Å². The number of aliphatic imine (C=N–C) groups is 1. The Balaban J connectivity index is 1.80. The summed E-state index contributed by atoms with van der Waals surface area (Å²) in [4.78, 5) is 18.0. The van der Waals surface area contributed by atoms with Crippen LogP contribution in [0.15, 0.2) is 41.4 Å². The third-order valence-electron chi connectivity index (χ3n) is 4.25. The molecule has 1 unspecified atom stereocenters. The predicted molar refractivity (Wildman–Crippen MR) is 97.5 cm³/mol. The second kappa shape index (κ2) is 7.61. The van der Waals surface area contributed by atoms with Crippen molar-refractivity contribution in [1.82, 2.24) is 0 Å². The monoisotopic (exact) mass is 359 g/mol. The van der Waals surface area contributed by atoms with E-state index in [0.717, 1.165) is 0 Å². The number of hydrogen-bond acceptors (Lipinski definition) is 4. The first-order valence-corrected chi connectivity index (χ1v) is 8.14. The van der Waals surface area contributed by atoms with Crippen LogP contribution in [0.5, 0.6) is 0 Å². The van der Waals surface area contributed by atoms with E-state index in [4.69, 9.17) is 4.74 Å². The zero-order valence-corrected chi connectivity index (χ0v) is 14.5. The summed E-state index contributed by atoms with van der Waals surface area (Å²) < 4.78 is 33.3. The molecule has 1 N–H and O–H groups in total. The standard InChI is InChI=1S/C19H19F2N3O2/c1-24(8-9-26-2)17-7-6-12(10-15(17)21)22-11-13-18-14(20)4-3-5-16(18)23-19(13)25/h3-7,10-11,13H,8-9H2,1-2H3,(H,23,25). The molecule has 1 aliphatic rings. The first-order chi connectivity index (χ1) is 12.5. The topological polar surface area (TPSA) is 53.9 Å². The van der Waals surface area contributed by atoms with Crippen LogP contribution < -0.4 is 10.2 Å². The van der Waals surface area contributed by atoms with Gasteiger partial charge in [0.05, 0.1) is 18.0 Å². The molecule has 3 rings (SSSR count). The average molecular weight is 359 g/mol. The molecule has 0 saturated heterocycles. The van der Waals surface area contributed by atoms with Crippen LogP contribution in [-0.4, -0.2) is 39.4 Å². The van der Waals surface area contributed by atoms with Gasteiger partial charge in [-0.15, -0.1) is 0 Å². The molecule has 2 aromatic carbocycles. The molecule has 1 heterocycles. The minimum Gasteiger partial charge on any atom is -0.383 e. The number of carbonyl (C=O) groups excluding carboxylic acids is 1. The number of carbonyl (C=O) groups is 1. The highest BCUT2D eigenvalue weighted by Gasteiger charge is 2.31. The number of hydrogen-bond donors (Lipinski definition) is 1. The third-order valence-corrected chi connectivity index (χ3v) is 4.25. The maximum Gasteiger partial charge on any atom is 0.237 e. The van der Waals surface area contributed by atoms with Gasteiger partial charge in [0, 0.05) is 44.2 Å². The lowest BCUT2D eigenvalue weighted by molar-refractivity contribution is -0.115. The lowest BCUT2D eigenvalue weighted by Crippen LogP contribution is -2.22. The smallest absolute Gasteiger partial charge is 0.237 e. The lowest BCUT2D eigenvalue weighted by Gasteiger charge is -2.19. The van der Waals surface area contributed by atoms with Gasteiger partial charge in [0.1, 0.15) is 17.6 Å². The van der Waals surface area contributed by atoms with Gasteiger partial charge in [0.2, 0.25) is 5.91 Å². The van der Waals surface area contributed by atoms with Crippen LogP contribution in [0.3, 0.4) is 0 Å². The molecule has 26 heavy (non-hydrogen) atoms. The molecule has 0 radical (unpaired) electrons. The number of likely N-dealkylation sites (N-methyl/N-ethyl adjacent to an activating group) is 1. The van der Waals surface area contributed by atoms with E-state index in [1.54, 1.807) is 37.3 Å². The quantitative estimate of drug-likeness (QED) is 0.804. The van der Waals surface area contributed by atoms with Gasteiger partial charge >= 0.3 is 0 Å². The number of anilines is 2. The molecular weight excluding hydrogens is 340 g/mol. The molecule has 0 bridgehead atoms. The summed E-state index contributed by atoms with van der Waals surface area (Å²) in [5.74, 6) is -2.09. The van der Waals surface area contributed by atoms with Crippen molar-refractivity contribution in [2.75, 3.05) is 37.5 Å². The fourth-order valence-electron chi connectivity index (χ4n) is 2.84. The summed E-state index contributed by atoms with van der Waals surface area (Å²) in [6, 6.07) is 9.00. The number of nitrogens with zero attached hydrogens (tertiary/aromatic N) is 2. The Morgan fingerprint density at radius 3 is 2.81 bits per heavy atom. The highest BCUT2D eigenvalue weighted by Crippen LogP contribution is 2.34. The number of amides is 1. The number of halogens is 2. The molecule has 1 atom stereocenters. The van der Waals surface area contributed by atoms with Crippen LogP contribution >= 0.6 is 0 Å². The molecule has 0 spiro atoms. The summed E-state index contributed by atoms with van der Waals surface area (Å²) >= 11 is 0. The fourth-order valence-corrected chi connectivity index (χ4v) is 2.84. The van der Waals surface area contributed by atoms with E-state index in [9.17, 15) is 13.6 Å². The highest BCUT2D eigenvalue weighted by molar-refractivity contribution is 6.12. The molecular formula is C19H19F2N3O2. The summed E-state index contributed by atoms with van der Waals surface area (Å²) in [5.41, 5.74) is 1.48. The SMILES string of the molecule is COCCN(C)c1ccc(N=CC2C(=O)Nc3cccc(F)c32)cc1F. The van der Waals surface area contributed by atoms with E-state index < -0.39 is 17.6 Å². The molecule has 0 fully saturated rings. The Bertz CT molecular complexity index is 855. The Morgan fingerprint density at radius 1 is 1.27 bits per heavy atom. The van der Waals surface area contributed by atoms with E-state index >= 15 is 0 Å². The van der Waals surface area contributed by atoms with Crippen LogP contribution in [0, 0.1) is 11.6 Å². The number of rotatable bonds is 6. The largest absolute Gasteiger partial charge is 0.383 e. The van der Waals surface area contributed by atoms with Crippen LogP contribution in [0.1, 0.15) is 11.5 Å². The van der Waals surface area contributed by atoms with Crippen molar-refractivity contribution in [3.63, 3.8) is 0 Å². The predicted octanol–water partition coefficient (Wildman–Crippen LogP) is 3.49. The Labute approximate surface area is 150 Å². The van der Waals surface area contributed by atoms with Crippen molar-refractivity contribution < 1.29 is 18.3 Å². The number of benzene rings is 2. The Morgan fingerprint density at radius 2 is 2.08 bits per heavy atom. The Hall–Kier alpha value is -2.80. The summed E-state index contributed by atoms with van der Waals surface area (Å²) in [7, 11) is 3.35. The maximum atomic E-state index is 14.3. The van der Waals surface area contributed by atoms with Gasteiger partial charge in [0.25, 0.3) is 0 Å². The van der Waals surface area contributed by atoms with Crippen molar-refractivity contribution in [3.05, 3.63) is 53.6 Å². The molecule has 7 heteroatoms. The van der Waals surface area contributed by atoms with Crippen molar-refractivity contribution in [2.45, 2.75) is 5.92 Å². The Kier molecular flexibility index (Phi) is 5.27. The highest BCUT2D eigenvalue weighted by atomic mass is 19.1. The van der Waals surface area contributed by atoms with E-state index in [1.165, 1.54) is 24.4 Å². The minimum absolute atomic E-state index is 0.262. The van der Waals surface area contributed by atoms with Gasteiger partial charge in [0.15, 0.2) is 0 Å². The van der Waals surface area contributed by atoms with Crippen molar-refractivity contribution >= 4 is 29.2 Å². The van der Waals surface area contributed by atoms with E-state index in [-0.39, 0.29) is 11.5 Å².